The third-order valence-electron chi connectivity index (χ3n) is 5.63. The standard InChI is InChI=1S/C22H43NO/c1-3-5-7-9-11-13-19-23(20-14-12-10-8-6-4-2)21-15-17-22(24)18-16-21/h21H,3-20H2,1-2H3. The van der Waals surface area contributed by atoms with Gasteiger partial charge in [-0.05, 0) is 38.8 Å². The lowest BCUT2D eigenvalue weighted by Gasteiger charge is -2.34. The average Bonchev–Trinajstić information content (AvgIpc) is 2.60. The number of hydrogen-bond acceptors (Lipinski definition) is 2. The van der Waals surface area contributed by atoms with Crippen molar-refractivity contribution in [3.63, 3.8) is 0 Å². The second-order valence-electron chi connectivity index (χ2n) is 7.84. The molecular weight excluding hydrogens is 294 g/mol. The van der Waals surface area contributed by atoms with Crippen molar-refractivity contribution in [1.29, 1.82) is 0 Å². The zero-order chi connectivity index (χ0) is 17.5. The van der Waals surface area contributed by atoms with Crippen LogP contribution in [0, 0.1) is 0 Å². The van der Waals surface area contributed by atoms with Gasteiger partial charge in [-0.2, -0.15) is 0 Å². The summed E-state index contributed by atoms with van der Waals surface area (Å²) in [5.41, 5.74) is 0. The highest BCUT2D eigenvalue weighted by Crippen LogP contribution is 2.22. The van der Waals surface area contributed by atoms with Gasteiger partial charge >= 0.3 is 0 Å². The zero-order valence-corrected chi connectivity index (χ0v) is 16.7. The van der Waals surface area contributed by atoms with E-state index in [1.807, 2.05) is 0 Å². The number of nitrogens with zero attached hydrogens (tertiary/aromatic N) is 1. The maximum absolute atomic E-state index is 11.5. The van der Waals surface area contributed by atoms with Crippen molar-refractivity contribution >= 4 is 5.78 Å². The van der Waals surface area contributed by atoms with Crippen molar-refractivity contribution in [2.45, 2.75) is 123 Å². The summed E-state index contributed by atoms with van der Waals surface area (Å²) in [6.45, 7) is 7.10. The Labute approximate surface area is 151 Å². The molecule has 1 aliphatic carbocycles. The highest BCUT2D eigenvalue weighted by molar-refractivity contribution is 5.79. The van der Waals surface area contributed by atoms with Crippen molar-refractivity contribution in [2.75, 3.05) is 13.1 Å². The molecule has 2 heteroatoms. The van der Waals surface area contributed by atoms with Crippen LogP contribution in [0.3, 0.4) is 0 Å². The molecule has 2 nitrogen and oxygen atoms in total. The molecule has 24 heavy (non-hydrogen) atoms. The molecule has 1 aliphatic rings. The highest BCUT2D eigenvalue weighted by atomic mass is 16.1. The van der Waals surface area contributed by atoms with Crippen LogP contribution in [-0.2, 0) is 4.79 Å². The van der Waals surface area contributed by atoms with Gasteiger partial charge in [0.2, 0.25) is 0 Å². The van der Waals surface area contributed by atoms with E-state index in [0.717, 1.165) is 25.7 Å². The van der Waals surface area contributed by atoms with Crippen LogP contribution in [-0.4, -0.2) is 29.8 Å². The van der Waals surface area contributed by atoms with Gasteiger partial charge in [0.15, 0.2) is 0 Å². The van der Waals surface area contributed by atoms with Crippen molar-refractivity contribution in [3.05, 3.63) is 0 Å². The lowest BCUT2D eigenvalue weighted by Crippen LogP contribution is -2.39. The molecule has 142 valence electrons. The third kappa shape index (κ3) is 10.5. The predicted octanol–water partition coefficient (Wildman–Crippen LogP) is 6.52. The van der Waals surface area contributed by atoms with E-state index in [9.17, 15) is 4.79 Å². The van der Waals surface area contributed by atoms with E-state index in [2.05, 4.69) is 18.7 Å². The predicted molar refractivity (Wildman–Crippen MR) is 106 cm³/mol. The number of unbranched alkanes of at least 4 members (excludes halogenated alkanes) is 10. The van der Waals surface area contributed by atoms with Crippen LogP contribution >= 0.6 is 0 Å². The van der Waals surface area contributed by atoms with E-state index in [1.165, 1.54) is 90.1 Å². The van der Waals surface area contributed by atoms with Crippen LogP contribution in [0.1, 0.15) is 117 Å². The first-order chi connectivity index (χ1) is 11.8. The summed E-state index contributed by atoms with van der Waals surface area (Å²) in [4.78, 5) is 14.3. The van der Waals surface area contributed by atoms with E-state index < -0.39 is 0 Å². The molecule has 0 N–H and O–H groups in total. The topological polar surface area (TPSA) is 20.3 Å². The first kappa shape index (κ1) is 21.7. The second-order valence-corrected chi connectivity index (χ2v) is 7.84. The number of carbonyl (C=O) groups excluding carboxylic acids is 1. The van der Waals surface area contributed by atoms with Crippen LogP contribution < -0.4 is 0 Å². The monoisotopic (exact) mass is 337 g/mol. The SMILES string of the molecule is CCCCCCCCN(CCCCCCCC)C1CCC(=O)CC1. The second kappa shape index (κ2) is 14.9. The Morgan fingerprint density at radius 3 is 1.58 bits per heavy atom. The van der Waals surface area contributed by atoms with Gasteiger partial charge in [0, 0.05) is 18.9 Å². The summed E-state index contributed by atoms with van der Waals surface area (Å²) in [5.74, 6) is 0.491. The van der Waals surface area contributed by atoms with Crippen molar-refractivity contribution < 1.29 is 4.79 Å². The van der Waals surface area contributed by atoms with Gasteiger partial charge in [0.05, 0.1) is 0 Å². The normalized spacial score (nSPS) is 16.2. The molecule has 0 radical (unpaired) electrons. The maximum atomic E-state index is 11.5. The van der Waals surface area contributed by atoms with E-state index in [-0.39, 0.29) is 0 Å². The summed E-state index contributed by atoms with van der Waals surface area (Å²) in [6, 6.07) is 0.689. The third-order valence-corrected chi connectivity index (χ3v) is 5.63. The molecule has 0 aromatic heterocycles. The van der Waals surface area contributed by atoms with Crippen LogP contribution in [0.2, 0.25) is 0 Å². The smallest absolute Gasteiger partial charge is 0.133 e. The van der Waals surface area contributed by atoms with E-state index in [1.54, 1.807) is 0 Å². The van der Waals surface area contributed by atoms with Crippen LogP contribution in [0.4, 0.5) is 0 Å². The molecule has 0 aromatic rings. The minimum atomic E-state index is 0.491. The summed E-state index contributed by atoms with van der Waals surface area (Å²) < 4.78 is 0. The maximum Gasteiger partial charge on any atom is 0.133 e. The molecule has 0 bridgehead atoms. The van der Waals surface area contributed by atoms with Gasteiger partial charge in [-0.15, -0.1) is 0 Å². The minimum absolute atomic E-state index is 0.491. The quantitative estimate of drug-likeness (QED) is 0.317. The van der Waals surface area contributed by atoms with Gasteiger partial charge in [0.25, 0.3) is 0 Å². The van der Waals surface area contributed by atoms with Gasteiger partial charge < -0.3 is 4.90 Å². The molecule has 0 amide bonds. The van der Waals surface area contributed by atoms with Crippen molar-refractivity contribution in [2.24, 2.45) is 0 Å². The number of Topliss-reactive ketones (excluding diaryl/α,β-unsaturated/α-hetero) is 1. The first-order valence-electron chi connectivity index (χ1n) is 11.0. The molecule has 1 saturated carbocycles. The highest BCUT2D eigenvalue weighted by Gasteiger charge is 2.23. The molecule has 1 fully saturated rings. The fourth-order valence-electron chi connectivity index (χ4n) is 3.96. The molecule has 0 aromatic carbocycles. The minimum Gasteiger partial charge on any atom is -0.300 e. The van der Waals surface area contributed by atoms with E-state index >= 15 is 0 Å². The number of ketones is 1. The molecule has 0 saturated heterocycles. The number of hydrogen-bond donors (Lipinski definition) is 0. The van der Waals surface area contributed by atoms with Crippen molar-refractivity contribution in [1.82, 2.24) is 4.90 Å². The van der Waals surface area contributed by atoms with E-state index in [0.29, 0.717) is 11.8 Å². The first-order valence-corrected chi connectivity index (χ1v) is 11.0. The van der Waals surface area contributed by atoms with Gasteiger partial charge in [-0.1, -0.05) is 78.1 Å². The van der Waals surface area contributed by atoms with Crippen LogP contribution in [0.5, 0.6) is 0 Å². The lowest BCUT2D eigenvalue weighted by atomic mass is 9.92. The summed E-state index contributed by atoms with van der Waals surface area (Å²) in [5, 5.41) is 0. The number of carbonyl (C=O) groups is 1. The lowest BCUT2D eigenvalue weighted by molar-refractivity contribution is -0.121. The fourth-order valence-corrected chi connectivity index (χ4v) is 3.96. The summed E-state index contributed by atoms with van der Waals surface area (Å²) in [7, 11) is 0. The van der Waals surface area contributed by atoms with Crippen LogP contribution in [0.25, 0.3) is 0 Å². The van der Waals surface area contributed by atoms with E-state index in [4.69, 9.17) is 0 Å². The van der Waals surface area contributed by atoms with Gasteiger partial charge in [0.1, 0.15) is 5.78 Å². The van der Waals surface area contributed by atoms with Gasteiger partial charge in [-0.25, -0.2) is 0 Å². The molecule has 0 aliphatic heterocycles. The average molecular weight is 338 g/mol. The van der Waals surface area contributed by atoms with Gasteiger partial charge in [-0.3, -0.25) is 4.79 Å². The summed E-state index contributed by atoms with van der Waals surface area (Å²) in [6.07, 6.45) is 20.4. The molecule has 0 spiro atoms. The van der Waals surface area contributed by atoms with Crippen LogP contribution in [0.15, 0.2) is 0 Å². The zero-order valence-electron chi connectivity index (χ0n) is 16.7. The molecule has 1 rings (SSSR count). The Kier molecular flexibility index (Phi) is 13.5. The molecule has 0 unspecified atom stereocenters. The summed E-state index contributed by atoms with van der Waals surface area (Å²) >= 11 is 0. The largest absolute Gasteiger partial charge is 0.300 e. The Balaban J connectivity index is 2.23. The molecule has 0 heterocycles. The Bertz CT molecular complexity index is 276. The Hall–Kier alpha value is -0.370. The Morgan fingerprint density at radius 1 is 0.708 bits per heavy atom. The molecular formula is C22H43NO. The fraction of sp³-hybridized carbons (Fsp3) is 0.955. The Morgan fingerprint density at radius 2 is 1.12 bits per heavy atom. The molecule has 0 atom stereocenters. The van der Waals surface area contributed by atoms with Crippen molar-refractivity contribution in [3.8, 4) is 0 Å². The number of rotatable bonds is 15.